The zero-order chi connectivity index (χ0) is 22.9. The first-order valence-electron chi connectivity index (χ1n) is 10.9. The molecule has 7 nitrogen and oxygen atoms in total. The molecule has 1 atom stereocenters. The fourth-order valence-corrected chi connectivity index (χ4v) is 3.59. The topological polar surface area (TPSA) is 79.9 Å². The van der Waals surface area contributed by atoms with E-state index in [1.54, 1.807) is 12.0 Å². The van der Waals surface area contributed by atoms with Crippen LogP contribution in [0.5, 0.6) is 0 Å². The Balaban J connectivity index is 1.89. The van der Waals surface area contributed by atoms with Gasteiger partial charge in [-0.25, -0.2) is 9.18 Å². The smallest absolute Gasteiger partial charge is 0.410 e. The lowest BCUT2D eigenvalue weighted by Gasteiger charge is -2.35. The molecule has 1 aliphatic heterocycles. The van der Waals surface area contributed by atoms with Crippen LogP contribution in [0.25, 0.3) is 0 Å². The predicted molar refractivity (Wildman–Crippen MR) is 118 cm³/mol. The number of likely N-dealkylation sites (tertiary alicyclic amines) is 1. The third-order valence-corrected chi connectivity index (χ3v) is 5.20. The van der Waals surface area contributed by atoms with E-state index < -0.39 is 5.60 Å². The highest BCUT2D eigenvalue weighted by atomic mass is 19.1. The number of nitrogens with one attached hydrogen (secondary N) is 2. The molecule has 2 N–H and O–H groups in total. The van der Waals surface area contributed by atoms with Crippen molar-refractivity contribution in [2.24, 2.45) is 5.92 Å². The Morgan fingerprint density at radius 2 is 1.84 bits per heavy atom. The normalized spacial score (nSPS) is 16.1. The predicted octanol–water partition coefficient (Wildman–Crippen LogP) is 3.20. The minimum absolute atomic E-state index is 0.0764. The van der Waals surface area contributed by atoms with Crippen molar-refractivity contribution in [3.63, 3.8) is 0 Å². The summed E-state index contributed by atoms with van der Waals surface area (Å²) in [6.45, 7) is 8.78. The van der Waals surface area contributed by atoms with Crippen LogP contribution in [0.3, 0.4) is 0 Å². The number of methoxy groups -OCH3 is 1. The summed E-state index contributed by atoms with van der Waals surface area (Å²) >= 11 is 0. The van der Waals surface area contributed by atoms with Gasteiger partial charge in [0, 0.05) is 44.9 Å². The molecule has 2 amide bonds. The van der Waals surface area contributed by atoms with E-state index in [1.165, 1.54) is 24.3 Å². The highest BCUT2D eigenvalue weighted by Crippen LogP contribution is 2.23. The molecule has 0 bridgehead atoms. The summed E-state index contributed by atoms with van der Waals surface area (Å²) in [4.78, 5) is 26.6. The fourth-order valence-electron chi connectivity index (χ4n) is 3.59. The van der Waals surface area contributed by atoms with Crippen LogP contribution in [0.1, 0.15) is 50.4 Å². The monoisotopic (exact) mass is 437 g/mol. The van der Waals surface area contributed by atoms with Gasteiger partial charge in [-0.1, -0.05) is 0 Å². The average Bonchev–Trinajstić information content (AvgIpc) is 2.70. The van der Waals surface area contributed by atoms with Gasteiger partial charge in [0.2, 0.25) is 0 Å². The maximum atomic E-state index is 13.1. The SMILES string of the molecule is COCCNCC(CC1CCN(C(=O)OC(C)(C)C)CC1)NC(=O)c1ccc(F)cc1. The van der Waals surface area contributed by atoms with E-state index >= 15 is 0 Å². The molecule has 8 heteroatoms. The lowest BCUT2D eigenvalue weighted by Crippen LogP contribution is -2.46. The van der Waals surface area contributed by atoms with E-state index in [0.29, 0.717) is 44.3 Å². The second-order valence-electron chi connectivity index (χ2n) is 9.02. The van der Waals surface area contributed by atoms with Crippen molar-refractivity contribution < 1.29 is 23.5 Å². The zero-order valence-electron chi connectivity index (χ0n) is 19.1. The molecular weight excluding hydrogens is 401 g/mol. The van der Waals surface area contributed by atoms with Crippen LogP contribution >= 0.6 is 0 Å². The highest BCUT2D eigenvalue weighted by Gasteiger charge is 2.28. The minimum atomic E-state index is -0.502. The molecule has 0 radical (unpaired) electrons. The molecule has 31 heavy (non-hydrogen) atoms. The number of benzene rings is 1. The van der Waals surface area contributed by atoms with E-state index in [-0.39, 0.29) is 23.9 Å². The Bertz CT molecular complexity index is 698. The Morgan fingerprint density at radius 3 is 2.42 bits per heavy atom. The van der Waals surface area contributed by atoms with Crippen LogP contribution in [0.4, 0.5) is 9.18 Å². The summed E-state index contributed by atoms with van der Waals surface area (Å²) in [5.74, 6) is -0.197. The van der Waals surface area contributed by atoms with E-state index in [2.05, 4.69) is 10.6 Å². The van der Waals surface area contributed by atoms with Crippen molar-refractivity contribution in [2.45, 2.75) is 51.7 Å². The molecule has 2 rings (SSSR count). The molecule has 1 aliphatic rings. The third kappa shape index (κ3) is 9.23. The molecular formula is C23H36FN3O4. The first-order valence-corrected chi connectivity index (χ1v) is 10.9. The number of ether oxygens (including phenoxy) is 2. The molecule has 0 aliphatic carbocycles. The van der Waals surface area contributed by atoms with E-state index in [9.17, 15) is 14.0 Å². The Kier molecular flexibility index (Phi) is 9.71. The number of hydrogen-bond donors (Lipinski definition) is 2. The maximum Gasteiger partial charge on any atom is 0.410 e. The Morgan fingerprint density at radius 1 is 1.19 bits per heavy atom. The Hall–Kier alpha value is -2.19. The van der Waals surface area contributed by atoms with Crippen molar-refractivity contribution in [3.05, 3.63) is 35.6 Å². The van der Waals surface area contributed by atoms with Gasteiger partial charge in [-0.15, -0.1) is 0 Å². The van der Waals surface area contributed by atoms with Gasteiger partial charge in [-0.05, 0) is 70.2 Å². The van der Waals surface area contributed by atoms with Gasteiger partial charge in [0.1, 0.15) is 11.4 Å². The molecule has 1 heterocycles. The molecule has 1 aromatic rings. The van der Waals surface area contributed by atoms with Crippen LogP contribution in [-0.2, 0) is 9.47 Å². The van der Waals surface area contributed by atoms with Crippen LogP contribution < -0.4 is 10.6 Å². The van der Waals surface area contributed by atoms with Gasteiger partial charge in [-0.2, -0.15) is 0 Å². The van der Waals surface area contributed by atoms with Crippen molar-refractivity contribution in [1.82, 2.24) is 15.5 Å². The number of nitrogens with zero attached hydrogens (tertiary/aromatic N) is 1. The first-order chi connectivity index (χ1) is 14.7. The summed E-state index contributed by atoms with van der Waals surface area (Å²) in [5.41, 5.74) is -0.0691. The van der Waals surface area contributed by atoms with Crippen LogP contribution in [0, 0.1) is 11.7 Å². The lowest BCUT2D eigenvalue weighted by molar-refractivity contribution is 0.0178. The lowest BCUT2D eigenvalue weighted by atomic mass is 9.90. The molecule has 1 fully saturated rings. The van der Waals surface area contributed by atoms with Gasteiger partial charge >= 0.3 is 6.09 Å². The number of piperidine rings is 1. The Labute approximate surface area is 184 Å². The number of carbonyl (C=O) groups excluding carboxylic acids is 2. The third-order valence-electron chi connectivity index (χ3n) is 5.20. The standard InChI is InChI=1S/C23H36FN3O4/c1-23(2,3)31-22(29)27-12-9-17(10-13-27)15-20(16-25-11-14-30-4)26-21(28)18-5-7-19(24)8-6-18/h5-8,17,20,25H,9-16H2,1-4H3,(H,26,28). The van der Waals surface area contributed by atoms with E-state index in [1.807, 2.05) is 20.8 Å². The van der Waals surface area contributed by atoms with Crippen LogP contribution in [0.2, 0.25) is 0 Å². The van der Waals surface area contributed by atoms with Gasteiger partial charge in [0.15, 0.2) is 0 Å². The minimum Gasteiger partial charge on any atom is -0.444 e. The molecule has 1 unspecified atom stereocenters. The largest absolute Gasteiger partial charge is 0.444 e. The highest BCUT2D eigenvalue weighted by molar-refractivity contribution is 5.94. The van der Waals surface area contributed by atoms with Gasteiger partial charge < -0.3 is 25.0 Å². The quantitative estimate of drug-likeness (QED) is 0.580. The van der Waals surface area contributed by atoms with E-state index in [4.69, 9.17) is 9.47 Å². The van der Waals surface area contributed by atoms with Crippen molar-refractivity contribution in [1.29, 1.82) is 0 Å². The molecule has 174 valence electrons. The second kappa shape index (κ2) is 12.0. The number of rotatable bonds is 9. The van der Waals surface area contributed by atoms with Crippen molar-refractivity contribution >= 4 is 12.0 Å². The molecule has 0 spiro atoms. The first kappa shape index (κ1) is 25.1. The van der Waals surface area contributed by atoms with Crippen molar-refractivity contribution in [3.8, 4) is 0 Å². The fraction of sp³-hybridized carbons (Fsp3) is 0.652. The van der Waals surface area contributed by atoms with Gasteiger partial charge in [0.25, 0.3) is 5.91 Å². The average molecular weight is 438 g/mol. The zero-order valence-corrected chi connectivity index (χ0v) is 19.1. The summed E-state index contributed by atoms with van der Waals surface area (Å²) < 4.78 is 23.7. The van der Waals surface area contributed by atoms with Crippen molar-refractivity contribution in [2.75, 3.05) is 39.9 Å². The summed E-state index contributed by atoms with van der Waals surface area (Å²) in [7, 11) is 1.65. The molecule has 1 aromatic carbocycles. The number of amides is 2. The molecule has 1 saturated heterocycles. The second-order valence-corrected chi connectivity index (χ2v) is 9.02. The summed E-state index contributed by atoms with van der Waals surface area (Å²) in [5, 5.41) is 6.38. The summed E-state index contributed by atoms with van der Waals surface area (Å²) in [6, 6.07) is 5.46. The molecule has 0 saturated carbocycles. The molecule has 0 aromatic heterocycles. The van der Waals surface area contributed by atoms with Crippen LogP contribution in [0.15, 0.2) is 24.3 Å². The van der Waals surface area contributed by atoms with E-state index in [0.717, 1.165) is 19.3 Å². The number of carbonyl (C=O) groups is 2. The summed E-state index contributed by atoms with van der Waals surface area (Å²) in [6.07, 6.45) is 2.25. The van der Waals surface area contributed by atoms with Gasteiger partial charge in [-0.3, -0.25) is 4.79 Å². The number of halogens is 1. The number of hydrogen-bond acceptors (Lipinski definition) is 5. The van der Waals surface area contributed by atoms with Crippen LogP contribution in [-0.4, -0.2) is 68.4 Å². The maximum absolute atomic E-state index is 13.1. The van der Waals surface area contributed by atoms with Gasteiger partial charge in [0.05, 0.1) is 6.61 Å².